The molecule has 1 aliphatic rings. The summed E-state index contributed by atoms with van der Waals surface area (Å²) in [5.41, 5.74) is 7.15. The van der Waals surface area contributed by atoms with Crippen molar-refractivity contribution in [3.05, 3.63) is 17.8 Å². The van der Waals surface area contributed by atoms with E-state index in [1.807, 2.05) is 6.92 Å². The van der Waals surface area contributed by atoms with E-state index in [1.54, 1.807) is 6.26 Å². The fourth-order valence-corrected chi connectivity index (χ4v) is 2.49. The molecule has 90 valence electrons. The molecule has 2 rings (SSSR count). The highest BCUT2D eigenvalue weighted by Crippen LogP contribution is 2.24. The van der Waals surface area contributed by atoms with E-state index in [0.29, 0.717) is 17.9 Å². The number of rotatable bonds is 3. The van der Waals surface area contributed by atoms with Crippen molar-refractivity contribution in [1.29, 1.82) is 0 Å². The van der Waals surface area contributed by atoms with Gasteiger partial charge in [-0.05, 0) is 11.8 Å². The molecule has 2 atom stereocenters. The first-order valence-electron chi connectivity index (χ1n) is 5.95. The van der Waals surface area contributed by atoms with E-state index >= 15 is 0 Å². The van der Waals surface area contributed by atoms with Crippen LogP contribution in [0.4, 0.5) is 0 Å². The van der Waals surface area contributed by atoms with E-state index in [4.69, 9.17) is 10.2 Å². The first-order chi connectivity index (χ1) is 7.56. The van der Waals surface area contributed by atoms with Crippen LogP contribution >= 0.6 is 0 Å². The molecule has 0 saturated carbocycles. The lowest BCUT2D eigenvalue weighted by Gasteiger charge is -2.18. The van der Waals surface area contributed by atoms with Crippen LogP contribution in [0.1, 0.15) is 25.4 Å². The number of nitrogens with zero attached hydrogens (tertiary/aromatic N) is 2. The molecule has 16 heavy (non-hydrogen) atoms. The fourth-order valence-electron chi connectivity index (χ4n) is 2.49. The smallest absolute Gasteiger partial charge is 0.191 e. The topological polar surface area (TPSA) is 55.3 Å². The summed E-state index contributed by atoms with van der Waals surface area (Å²) in [5, 5.41) is 0. The summed E-state index contributed by atoms with van der Waals surface area (Å²) < 4.78 is 5.21. The third kappa shape index (κ3) is 2.44. The maximum Gasteiger partial charge on any atom is 0.191 e. The maximum absolute atomic E-state index is 6.14. The van der Waals surface area contributed by atoms with Crippen LogP contribution in [0, 0.1) is 18.8 Å². The van der Waals surface area contributed by atoms with Crippen LogP contribution in [-0.2, 0) is 6.54 Å². The molecule has 2 N–H and O–H groups in total. The van der Waals surface area contributed by atoms with E-state index < -0.39 is 0 Å². The van der Waals surface area contributed by atoms with Crippen molar-refractivity contribution in [1.82, 2.24) is 9.88 Å². The molecule has 2 heterocycles. The molecular formula is C12H21N3O. The van der Waals surface area contributed by atoms with E-state index in [-0.39, 0.29) is 0 Å². The second kappa shape index (κ2) is 4.55. The number of nitrogens with two attached hydrogens (primary N) is 1. The number of likely N-dealkylation sites (tertiary alicyclic amines) is 1. The van der Waals surface area contributed by atoms with Gasteiger partial charge in [-0.2, -0.15) is 0 Å². The Morgan fingerprint density at radius 3 is 2.81 bits per heavy atom. The largest absolute Gasteiger partial charge is 0.449 e. The van der Waals surface area contributed by atoms with Gasteiger partial charge in [-0.15, -0.1) is 0 Å². The normalized spacial score (nSPS) is 26.8. The van der Waals surface area contributed by atoms with Crippen LogP contribution in [0.15, 0.2) is 10.7 Å². The van der Waals surface area contributed by atoms with Crippen molar-refractivity contribution in [2.45, 2.75) is 33.4 Å². The summed E-state index contributed by atoms with van der Waals surface area (Å²) in [6.45, 7) is 9.26. The summed E-state index contributed by atoms with van der Waals surface area (Å²) in [7, 11) is 0. The zero-order valence-corrected chi connectivity index (χ0v) is 10.3. The van der Waals surface area contributed by atoms with Crippen molar-refractivity contribution in [2.24, 2.45) is 17.6 Å². The van der Waals surface area contributed by atoms with Crippen molar-refractivity contribution in [3.8, 4) is 0 Å². The molecule has 0 aliphatic carbocycles. The van der Waals surface area contributed by atoms with Gasteiger partial charge in [-0.1, -0.05) is 13.8 Å². The molecule has 1 aromatic rings. The maximum atomic E-state index is 6.14. The number of oxazole rings is 1. The Balaban J connectivity index is 1.93. The van der Waals surface area contributed by atoms with Crippen LogP contribution in [0.25, 0.3) is 0 Å². The standard InChI is InChI=1S/C12H21N3O/c1-8(2)11-5-15(6-12(11)13)4-10-7-16-9(3)14-10/h7-8,11-12H,4-6,13H2,1-3H3/t11-,12+/m1/s1. The van der Waals surface area contributed by atoms with Crippen LogP contribution in [0.5, 0.6) is 0 Å². The molecule has 1 aliphatic heterocycles. The molecule has 1 fully saturated rings. The van der Waals surface area contributed by atoms with E-state index in [2.05, 4.69) is 23.7 Å². The van der Waals surface area contributed by atoms with Crippen molar-refractivity contribution in [2.75, 3.05) is 13.1 Å². The molecule has 1 saturated heterocycles. The third-order valence-corrected chi connectivity index (χ3v) is 3.40. The molecular weight excluding hydrogens is 202 g/mol. The quantitative estimate of drug-likeness (QED) is 0.841. The zero-order valence-electron chi connectivity index (χ0n) is 10.3. The Kier molecular flexibility index (Phi) is 3.30. The molecule has 0 bridgehead atoms. The van der Waals surface area contributed by atoms with Crippen molar-refractivity contribution in [3.63, 3.8) is 0 Å². The monoisotopic (exact) mass is 223 g/mol. The number of hydrogen-bond donors (Lipinski definition) is 1. The van der Waals surface area contributed by atoms with E-state index in [9.17, 15) is 0 Å². The highest BCUT2D eigenvalue weighted by molar-refractivity contribution is 4.98. The molecule has 0 spiro atoms. The van der Waals surface area contributed by atoms with Crippen LogP contribution in [0.2, 0.25) is 0 Å². The summed E-state index contributed by atoms with van der Waals surface area (Å²) in [4.78, 5) is 6.69. The number of hydrogen-bond acceptors (Lipinski definition) is 4. The van der Waals surface area contributed by atoms with Gasteiger partial charge in [0, 0.05) is 32.6 Å². The van der Waals surface area contributed by atoms with Gasteiger partial charge in [-0.25, -0.2) is 4.98 Å². The predicted octanol–water partition coefficient (Wildman–Crippen LogP) is 1.40. The van der Waals surface area contributed by atoms with Gasteiger partial charge >= 0.3 is 0 Å². The lowest BCUT2D eigenvalue weighted by atomic mass is 9.92. The summed E-state index contributed by atoms with van der Waals surface area (Å²) in [6.07, 6.45) is 1.74. The van der Waals surface area contributed by atoms with Gasteiger partial charge in [0.1, 0.15) is 6.26 Å². The second-order valence-corrected chi connectivity index (χ2v) is 5.12. The van der Waals surface area contributed by atoms with Crippen LogP contribution in [-0.4, -0.2) is 29.0 Å². The molecule has 4 nitrogen and oxygen atoms in total. The summed E-state index contributed by atoms with van der Waals surface area (Å²) >= 11 is 0. The molecule has 0 amide bonds. The van der Waals surface area contributed by atoms with Gasteiger partial charge in [-0.3, -0.25) is 4.90 Å². The van der Waals surface area contributed by atoms with E-state index in [1.165, 1.54) is 0 Å². The Bertz CT molecular complexity index is 348. The number of aromatic nitrogens is 1. The Morgan fingerprint density at radius 1 is 1.56 bits per heavy atom. The summed E-state index contributed by atoms with van der Waals surface area (Å²) in [5.74, 6) is 1.99. The minimum Gasteiger partial charge on any atom is -0.449 e. The highest BCUT2D eigenvalue weighted by atomic mass is 16.3. The van der Waals surface area contributed by atoms with Crippen LogP contribution < -0.4 is 5.73 Å². The first-order valence-corrected chi connectivity index (χ1v) is 5.95. The average Bonchev–Trinajstić information content (AvgIpc) is 2.73. The Morgan fingerprint density at radius 2 is 2.31 bits per heavy atom. The van der Waals surface area contributed by atoms with Gasteiger partial charge < -0.3 is 10.2 Å². The lowest BCUT2D eigenvalue weighted by Crippen LogP contribution is -2.32. The minimum atomic E-state index is 0.299. The lowest BCUT2D eigenvalue weighted by molar-refractivity contribution is 0.293. The van der Waals surface area contributed by atoms with Crippen LogP contribution in [0.3, 0.4) is 0 Å². The van der Waals surface area contributed by atoms with Crippen molar-refractivity contribution >= 4 is 0 Å². The molecule has 0 aromatic carbocycles. The predicted molar refractivity (Wildman–Crippen MR) is 62.8 cm³/mol. The minimum absolute atomic E-state index is 0.299. The summed E-state index contributed by atoms with van der Waals surface area (Å²) in [6, 6.07) is 0.299. The third-order valence-electron chi connectivity index (χ3n) is 3.40. The molecule has 1 aromatic heterocycles. The molecule has 4 heteroatoms. The van der Waals surface area contributed by atoms with Gasteiger partial charge in [0.25, 0.3) is 0 Å². The SMILES string of the molecule is Cc1nc(CN2C[C@H](C(C)C)[C@@H](N)C2)co1. The van der Waals surface area contributed by atoms with Gasteiger partial charge in [0.15, 0.2) is 5.89 Å². The fraction of sp³-hybridized carbons (Fsp3) is 0.750. The highest BCUT2D eigenvalue weighted by Gasteiger charge is 2.32. The zero-order chi connectivity index (χ0) is 11.7. The number of aryl methyl sites for hydroxylation is 1. The Hall–Kier alpha value is -0.870. The molecule has 0 unspecified atom stereocenters. The van der Waals surface area contributed by atoms with E-state index in [0.717, 1.165) is 31.2 Å². The average molecular weight is 223 g/mol. The Labute approximate surface area is 96.8 Å². The first kappa shape index (κ1) is 11.6. The van der Waals surface area contributed by atoms with Gasteiger partial charge in [0.05, 0.1) is 5.69 Å². The van der Waals surface area contributed by atoms with Crippen molar-refractivity contribution < 1.29 is 4.42 Å². The van der Waals surface area contributed by atoms with Gasteiger partial charge in [0.2, 0.25) is 0 Å². The second-order valence-electron chi connectivity index (χ2n) is 5.12. The molecule has 0 radical (unpaired) electrons.